The van der Waals surface area contributed by atoms with Gasteiger partial charge in [-0.15, -0.1) is 0 Å². The van der Waals surface area contributed by atoms with E-state index in [1.165, 1.54) is 24.3 Å². The first-order valence-electron chi connectivity index (χ1n) is 10.3. The standard InChI is InChI=1S/C20H26N4O10S/c1-2-33-17(26)9-22-18(27)15(23-16(25)8-7-14(21)19(28)29)11-35-20(30)34-10-12-3-5-13(6-4-12)24(31)32/h3-6,14-15H,2,7-11,21H2,1H3,(H,22,27)(H,23,25)(H,28,29)/t14-,15-/m0/s1. The summed E-state index contributed by atoms with van der Waals surface area (Å²) < 4.78 is 9.76. The van der Waals surface area contributed by atoms with Gasteiger partial charge in [0.15, 0.2) is 0 Å². The molecule has 15 heteroatoms. The third kappa shape index (κ3) is 11.8. The molecule has 0 aliphatic rings. The van der Waals surface area contributed by atoms with E-state index in [1.54, 1.807) is 6.92 Å². The van der Waals surface area contributed by atoms with Crippen LogP contribution < -0.4 is 16.4 Å². The van der Waals surface area contributed by atoms with Crippen LogP contribution in [0.4, 0.5) is 10.5 Å². The number of amides is 2. The van der Waals surface area contributed by atoms with Gasteiger partial charge in [0.2, 0.25) is 11.8 Å². The largest absolute Gasteiger partial charge is 0.480 e. The third-order valence-corrected chi connectivity index (χ3v) is 5.09. The zero-order chi connectivity index (χ0) is 26.4. The van der Waals surface area contributed by atoms with Gasteiger partial charge < -0.3 is 30.9 Å². The molecule has 0 spiro atoms. The summed E-state index contributed by atoms with van der Waals surface area (Å²) in [5, 5.41) is 23.3. The van der Waals surface area contributed by atoms with Crippen molar-refractivity contribution in [2.75, 3.05) is 18.9 Å². The van der Waals surface area contributed by atoms with Gasteiger partial charge in [-0.05, 0) is 42.8 Å². The fourth-order valence-corrected chi connectivity index (χ4v) is 3.08. The first kappa shape index (κ1) is 29.3. The molecule has 5 N–H and O–H groups in total. The number of carboxylic acids is 1. The van der Waals surface area contributed by atoms with Gasteiger partial charge in [0.1, 0.15) is 25.2 Å². The van der Waals surface area contributed by atoms with Crippen LogP contribution in [-0.2, 0) is 35.3 Å². The predicted molar refractivity (Wildman–Crippen MR) is 122 cm³/mol. The number of esters is 1. The van der Waals surface area contributed by atoms with Crippen molar-refractivity contribution in [3.63, 3.8) is 0 Å². The fourth-order valence-electron chi connectivity index (χ4n) is 2.40. The van der Waals surface area contributed by atoms with Crippen LogP contribution in [-0.4, -0.2) is 70.1 Å². The minimum absolute atomic E-state index is 0.106. The highest BCUT2D eigenvalue weighted by molar-refractivity contribution is 8.13. The highest BCUT2D eigenvalue weighted by Gasteiger charge is 2.24. The van der Waals surface area contributed by atoms with Gasteiger partial charge in [0.25, 0.3) is 5.69 Å². The Balaban J connectivity index is 2.65. The van der Waals surface area contributed by atoms with Crippen molar-refractivity contribution in [2.24, 2.45) is 5.73 Å². The number of hydrogen-bond acceptors (Lipinski definition) is 11. The normalized spacial score (nSPS) is 12.1. The number of aliphatic carboxylic acids is 1. The lowest BCUT2D eigenvalue weighted by molar-refractivity contribution is -0.384. The number of nitrogens with two attached hydrogens (primary N) is 1. The summed E-state index contributed by atoms with van der Waals surface area (Å²) in [6.45, 7) is 1.06. The lowest BCUT2D eigenvalue weighted by atomic mass is 10.1. The number of nitro groups is 1. The first-order chi connectivity index (χ1) is 16.5. The number of carbonyl (C=O) groups is 5. The lowest BCUT2D eigenvalue weighted by Gasteiger charge is -2.18. The van der Waals surface area contributed by atoms with E-state index < -0.39 is 52.6 Å². The van der Waals surface area contributed by atoms with Crippen LogP contribution in [0.3, 0.4) is 0 Å². The van der Waals surface area contributed by atoms with Crippen LogP contribution in [0, 0.1) is 10.1 Å². The molecule has 0 saturated heterocycles. The van der Waals surface area contributed by atoms with Crippen LogP contribution >= 0.6 is 11.8 Å². The smallest absolute Gasteiger partial charge is 0.367 e. The van der Waals surface area contributed by atoms with Gasteiger partial charge in [-0.3, -0.25) is 29.3 Å². The van der Waals surface area contributed by atoms with E-state index in [9.17, 15) is 34.1 Å². The van der Waals surface area contributed by atoms with Gasteiger partial charge in [-0.1, -0.05) is 0 Å². The molecule has 0 radical (unpaired) electrons. The molecular formula is C20H26N4O10S. The van der Waals surface area contributed by atoms with E-state index in [0.717, 1.165) is 0 Å². The number of carboxylic acid groups (broad SMARTS) is 1. The second kappa shape index (κ2) is 15.2. The molecule has 0 unspecified atom stereocenters. The van der Waals surface area contributed by atoms with Gasteiger partial charge in [0.05, 0.1) is 11.5 Å². The van der Waals surface area contributed by atoms with Crippen molar-refractivity contribution >= 4 is 46.5 Å². The van der Waals surface area contributed by atoms with E-state index >= 15 is 0 Å². The molecule has 0 aliphatic heterocycles. The molecular weight excluding hydrogens is 488 g/mol. The molecule has 2 amide bonds. The van der Waals surface area contributed by atoms with Gasteiger partial charge in [-0.25, -0.2) is 4.79 Å². The number of nitrogens with zero attached hydrogens (tertiary/aromatic N) is 1. The van der Waals surface area contributed by atoms with Crippen LogP contribution in [0.5, 0.6) is 0 Å². The second-order valence-electron chi connectivity index (χ2n) is 6.90. The van der Waals surface area contributed by atoms with Crippen molar-refractivity contribution in [3.05, 3.63) is 39.9 Å². The molecule has 2 atom stereocenters. The summed E-state index contributed by atoms with van der Waals surface area (Å²) >= 11 is 0.576. The number of non-ortho nitro benzene ring substituents is 1. The molecule has 192 valence electrons. The summed E-state index contributed by atoms with van der Waals surface area (Å²) in [6.07, 6.45) is -0.465. The maximum Gasteiger partial charge on any atom is 0.367 e. The van der Waals surface area contributed by atoms with Crippen LogP contribution in [0.15, 0.2) is 24.3 Å². The van der Waals surface area contributed by atoms with Crippen molar-refractivity contribution in [3.8, 4) is 0 Å². The Kier molecular flexibility index (Phi) is 12.8. The van der Waals surface area contributed by atoms with E-state index in [2.05, 4.69) is 10.6 Å². The van der Waals surface area contributed by atoms with Crippen molar-refractivity contribution < 1.29 is 43.5 Å². The number of ether oxygens (including phenoxy) is 2. The van der Waals surface area contributed by atoms with Crippen molar-refractivity contribution in [2.45, 2.75) is 38.5 Å². The summed E-state index contributed by atoms with van der Waals surface area (Å²) in [7, 11) is 0. The Labute approximate surface area is 204 Å². The Bertz CT molecular complexity index is 925. The van der Waals surface area contributed by atoms with E-state index in [-0.39, 0.29) is 37.5 Å². The van der Waals surface area contributed by atoms with Crippen LogP contribution in [0.25, 0.3) is 0 Å². The quantitative estimate of drug-likeness (QED) is 0.150. The molecule has 14 nitrogen and oxygen atoms in total. The molecule has 0 fully saturated rings. The zero-order valence-corrected chi connectivity index (χ0v) is 19.6. The van der Waals surface area contributed by atoms with Gasteiger partial charge >= 0.3 is 17.2 Å². The molecule has 1 rings (SSSR count). The molecule has 0 bridgehead atoms. The number of nitrogens with one attached hydrogen (secondary N) is 2. The molecule has 0 saturated carbocycles. The van der Waals surface area contributed by atoms with Crippen molar-refractivity contribution in [1.29, 1.82) is 0 Å². The Hall–Kier alpha value is -3.72. The number of rotatable bonds is 14. The molecule has 0 aliphatic carbocycles. The average molecular weight is 515 g/mol. The highest BCUT2D eigenvalue weighted by Crippen LogP contribution is 2.15. The Morgan fingerprint density at radius 2 is 1.83 bits per heavy atom. The first-order valence-corrected chi connectivity index (χ1v) is 11.3. The SMILES string of the molecule is CCOC(=O)CNC(=O)[C@H](CSC(=O)OCc1ccc([N+](=O)[O-])cc1)NC(=O)CC[C@H](N)C(=O)O. The lowest BCUT2D eigenvalue weighted by Crippen LogP contribution is -2.49. The Morgan fingerprint density at radius 3 is 2.40 bits per heavy atom. The topological polar surface area (TPSA) is 217 Å². The molecule has 35 heavy (non-hydrogen) atoms. The van der Waals surface area contributed by atoms with Gasteiger partial charge in [-0.2, -0.15) is 0 Å². The van der Waals surface area contributed by atoms with Crippen LogP contribution in [0.1, 0.15) is 25.3 Å². The van der Waals surface area contributed by atoms with E-state index in [4.69, 9.17) is 20.3 Å². The number of thioether (sulfide) groups is 1. The number of benzene rings is 1. The minimum atomic E-state index is -1.28. The maximum atomic E-state index is 12.4. The minimum Gasteiger partial charge on any atom is -0.480 e. The monoisotopic (exact) mass is 514 g/mol. The molecule has 1 aromatic carbocycles. The van der Waals surface area contributed by atoms with E-state index in [0.29, 0.717) is 17.3 Å². The second-order valence-corrected chi connectivity index (χ2v) is 7.85. The fraction of sp³-hybridized carbons (Fsp3) is 0.450. The zero-order valence-electron chi connectivity index (χ0n) is 18.8. The molecule has 0 aromatic heterocycles. The van der Waals surface area contributed by atoms with Crippen LogP contribution in [0.2, 0.25) is 0 Å². The summed E-state index contributed by atoms with van der Waals surface area (Å²) in [5.74, 6) is -3.70. The predicted octanol–water partition coefficient (Wildman–Crippen LogP) is 0.321. The summed E-state index contributed by atoms with van der Waals surface area (Å²) in [5.41, 5.74) is 5.74. The molecule has 0 heterocycles. The maximum absolute atomic E-state index is 12.4. The van der Waals surface area contributed by atoms with Crippen molar-refractivity contribution in [1.82, 2.24) is 10.6 Å². The number of nitro benzene ring substituents is 1. The third-order valence-electron chi connectivity index (χ3n) is 4.24. The number of carbonyl (C=O) groups excluding carboxylic acids is 4. The van der Waals surface area contributed by atoms with E-state index in [1.807, 2.05) is 0 Å². The molecule has 1 aromatic rings. The summed E-state index contributed by atoms with van der Waals surface area (Å²) in [4.78, 5) is 69.0. The number of hydrogen-bond donors (Lipinski definition) is 4. The summed E-state index contributed by atoms with van der Waals surface area (Å²) in [6, 6.07) is 2.83. The average Bonchev–Trinajstić information content (AvgIpc) is 2.82. The highest BCUT2D eigenvalue weighted by atomic mass is 32.2. The van der Waals surface area contributed by atoms with Gasteiger partial charge in [0, 0.05) is 24.3 Å². The Morgan fingerprint density at radius 1 is 1.17 bits per heavy atom.